The van der Waals surface area contributed by atoms with Gasteiger partial charge in [0, 0.05) is 32.9 Å². The van der Waals surface area contributed by atoms with E-state index in [0.717, 1.165) is 51.2 Å². The smallest absolute Gasteiger partial charge is 0.0824 e. The van der Waals surface area contributed by atoms with Gasteiger partial charge in [-0.2, -0.15) is 0 Å². The van der Waals surface area contributed by atoms with E-state index in [9.17, 15) is 0 Å². The van der Waals surface area contributed by atoms with Crippen LogP contribution in [0.3, 0.4) is 0 Å². The van der Waals surface area contributed by atoms with E-state index >= 15 is 0 Å². The lowest BCUT2D eigenvalue weighted by molar-refractivity contribution is 0.119. The van der Waals surface area contributed by atoms with Gasteiger partial charge in [-0.05, 0) is 19.3 Å². The topological polar surface area (TPSA) is 43.2 Å². The molecule has 0 atom stereocenters. The van der Waals surface area contributed by atoms with Crippen LogP contribution in [-0.4, -0.2) is 53.2 Å². The Morgan fingerprint density at radius 2 is 2.18 bits per heavy atom. The van der Waals surface area contributed by atoms with Crippen molar-refractivity contribution < 1.29 is 4.74 Å². The quantitative estimate of drug-likeness (QED) is 0.771. The second kappa shape index (κ2) is 6.12. The molecule has 1 saturated heterocycles. The first-order valence-electron chi connectivity index (χ1n) is 6.45. The molecule has 0 N–H and O–H groups in total. The monoisotopic (exact) mass is 238 g/mol. The molecule has 2 heterocycles. The molecule has 1 aliphatic heterocycles. The largest absolute Gasteiger partial charge is 0.383 e. The van der Waals surface area contributed by atoms with E-state index in [1.165, 1.54) is 0 Å². The summed E-state index contributed by atoms with van der Waals surface area (Å²) >= 11 is 0. The SMILES string of the molecule is CCc1cn(C2CCN(CCOC)CC2)nn1. The summed E-state index contributed by atoms with van der Waals surface area (Å²) < 4.78 is 7.15. The number of hydrogen-bond acceptors (Lipinski definition) is 4. The second-order valence-electron chi connectivity index (χ2n) is 4.61. The van der Waals surface area contributed by atoms with E-state index in [2.05, 4.69) is 28.3 Å². The molecular formula is C12H22N4O. The molecule has 1 fully saturated rings. The van der Waals surface area contributed by atoms with Crippen molar-refractivity contribution in [1.29, 1.82) is 0 Å². The summed E-state index contributed by atoms with van der Waals surface area (Å²) in [6.07, 6.45) is 5.38. The van der Waals surface area contributed by atoms with Crippen LogP contribution in [0.25, 0.3) is 0 Å². The lowest BCUT2D eigenvalue weighted by Crippen LogP contribution is -2.36. The van der Waals surface area contributed by atoms with Crippen LogP contribution in [0.5, 0.6) is 0 Å². The molecule has 0 radical (unpaired) electrons. The molecule has 17 heavy (non-hydrogen) atoms. The lowest BCUT2D eigenvalue weighted by atomic mass is 10.1. The number of aromatic nitrogens is 3. The molecule has 5 nitrogen and oxygen atoms in total. The molecule has 0 aliphatic carbocycles. The third-order valence-corrected chi connectivity index (χ3v) is 3.46. The number of methoxy groups -OCH3 is 1. The van der Waals surface area contributed by atoms with Crippen molar-refractivity contribution in [2.75, 3.05) is 33.4 Å². The Labute approximate surface area is 103 Å². The molecule has 0 unspecified atom stereocenters. The first kappa shape index (κ1) is 12.5. The molecule has 1 aliphatic rings. The molecular weight excluding hydrogens is 216 g/mol. The van der Waals surface area contributed by atoms with Gasteiger partial charge in [-0.25, -0.2) is 4.68 Å². The molecule has 2 rings (SSSR count). The van der Waals surface area contributed by atoms with Gasteiger partial charge in [0.15, 0.2) is 0 Å². The van der Waals surface area contributed by atoms with Gasteiger partial charge in [0.2, 0.25) is 0 Å². The van der Waals surface area contributed by atoms with Crippen molar-refractivity contribution in [3.05, 3.63) is 11.9 Å². The molecule has 1 aromatic heterocycles. The van der Waals surface area contributed by atoms with Crippen molar-refractivity contribution in [1.82, 2.24) is 19.9 Å². The highest BCUT2D eigenvalue weighted by molar-refractivity contribution is 4.93. The second-order valence-corrected chi connectivity index (χ2v) is 4.61. The first-order valence-corrected chi connectivity index (χ1v) is 6.45. The van der Waals surface area contributed by atoms with E-state index in [1.807, 2.05) is 4.68 Å². The van der Waals surface area contributed by atoms with Gasteiger partial charge in [0.05, 0.1) is 18.3 Å². The molecule has 0 aromatic carbocycles. The summed E-state index contributed by atoms with van der Waals surface area (Å²) in [5.41, 5.74) is 1.09. The fraction of sp³-hybridized carbons (Fsp3) is 0.833. The Bertz CT molecular complexity index is 331. The minimum absolute atomic E-state index is 0.529. The maximum absolute atomic E-state index is 5.10. The minimum atomic E-state index is 0.529. The van der Waals surface area contributed by atoms with Crippen molar-refractivity contribution in [2.45, 2.75) is 32.2 Å². The third-order valence-electron chi connectivity index (χ3n) is 3.46. The zero-order valence-corrected chi connectivity index (χ0v) is 10.8. The summed E-state index contributed by atoms with van der Waals surface area (Å²) in [6, 6.07) is 0.529. The summed E-state index contributed by atoms with van der Waals surface area (Å²) in [4.78, 5) is 2.46. The van der Waals surface area contributed by atoms with E-state index in [-0.39, 0.29) is 0 Å². The van der Waals surface area contributed by atoms with Gasteiger partial charge in [-0.1, -0.05) is 12.1 Å². The third kappa shape index (κ3) is 3.26. The van der Waals surface area contributed by atoms with Crippen LogP contribution in [0.15, 0.2) is 6.20 Å². The molecule has 0 amide bonds. The molecule has 0 saturated carbocycles. The van der Waals surface area contributed by atoms with Crippen LogP contribution < -0.4 is 0 Å². The summed E-state index contributed by atoms with van der Waals surface area (Å²) in [7, 11) is 1.76. The standard InChI is InChI=1S/C12H22N4O/c1-3-11-10-16(14-13-11)12-4-6-15(7-5-12)8-9-17-2/h10,12H,3-9H2,1-2H3. The zero-order valence-electron chi connectivity index (χ0n) is 10.8. The number of likely N-dealkylation sites (tertiary alicyclic amines) is 1. The molecule has 96 valence electrons. The number of hydrogen-bond donors (Lipinski definition) is 0. The number of rotatable bonds is 5. The maximum atomic E-state index is 5.10. The van der Waals surface area contributed by atoms with Gasteiger partial charge >= 0.3 is 0 Å². The van der Waals surface area contributed by atoms with Crippen LogP contribution in [0.2, 0.25) is 0 Å². The predicted molar refractivity (Wildman–Crippen MR) is 66.0 cm³/mol. The van der Waals surface area contributed by atoms with E-state index in [1.54, 1.807) is 7.11 Å². The predicted octanol–water partition coefficient (Wildman–Crippen LogP) is 1.12. The van der Waals surface area contributed by atoms with Crippen molar-refractivity contribution in [3.8, 4) is 0 Å². The number of aryl methyl sites for hydroxylation is 1. The van der Waals surface area contributed by atoms with Gasteiger partial charge < -0.3 is 9.64 Å². The zero-order chi connectivity index (χ0) is 12.1. The Morgan fingerprint density at radius 3 is 2.76 bits per heavy atom. The fourth-order valence-corrected chi connectivity index (χ4v) is 2.28. The highest BCUT2D eigenvalue weighted by Crippen LogP contribution is 2.21. The van der Waals surface area contributed by atoms with Gasteiger partial charge in [-0.15, -0.1) is 5.10 Å². The van der Waals surface area contributed by atoms with E-state index < -0.39 is 0 Å². The fourth-order valence-electron chi connectivity index (χ4n) is 2.28. The Kier molecular flexibility index (Phi) is 4.50. The van der Waals surface area contributed by atoms with Crippen LogP contribution in [0.1, 0.15) is 31.5 Å². The van der Waals surface area contributed by atoms with Gasteiger partial charge in [-0.3, -0.25) is 0 Å². The molecule has 0 spiro atoms. The average Bonchev–Trinajstić information content (AvgIpc) is 2.86. The molecule has 5 heteroatoms. The molecule has 0 bridgehead atoms. The average molecular weight is 238 g/mol. The van der Waals surface area contributed by atoms with Gasteiger partial charge in [0.25, 0.3) is 0 Å². The number of piperidine rings is 1. The van der Waals surface area contributed by atoms with Crippen molar-refractivity contribution >= 4 is 0 Å². The number of ether oxygens (including phenoxy) is 1. The normalized spacial score (nSPS) is 18.7. The molecule has 1 aromatic rings. The van der Waals surface area contributed by atoms with E-state index in [4.69, 9.17) is 4.74 Å². The highest BCUT2D eigenvalue weighted by Gasteiger charge is 2.21. The Balaban J connectivity index is 1.82. The van der Waals surface area contributed by atoms with Crippen LogP contribution >= 0.6 is 0 Å². The Morgan fingerprint density at radius 1 is 1.41 bits per heavy atom. The maximum Gasteiger partial charge on any atom is 0.0824 e. The summed E-state index contributed by atoms with van der Waals surface area (Å²) in [5, 5.41) is 8.38. The number of nitrogens with zero attached hydrogens (tertiary/aromatic N) is 4. The first-order chi connectivity index (χ1) is 8.33. The Hall–Kier alpha value is -0.940. The summed E-state index contributed by atoms with van der Waals surface area (Å²) in [5.74, 6) is 0. The highest BCUT2D eigenvalue weighted by atomic mass is 16.5. The van der Waals surface area contributed by atoms with Crippen LogP contribution in [0, 0.1) is 0 Å². The van der Waals surface area contributed by atoms with Crippen LogP contribution in [-0.2, 0) is 11.2 Å². The minimum Gasteiger partial charge on any atom is -0.383 e. The van der Waals surface area contributed by atoms with Crippen molar-refractivity contribution in [2.24, 2.45) is 0 Å². The van der Waals surface area contributed by atoms with Crippen LogP contribution in [0.4, 0.5) is 0 Å². The van der Waals surface area contributed by atoms with Gasteiger partial charge in [0.1, 0.15) is 0 Å². The summed E-state index contributed by atoms with van der Waals surface area (Å²) in [6.45, 7) is 6.25. The van der Waals surface area contributed by atoms with E-state index in [0.29, 0.717) is 6.04 Å². The van der Waals surface area contributed by atoms with Crippen molar-refractivity contribution in [3.63, 3.8) is 0 Å². The lowest BCUT2D eigenvalue weighted by Gasteiger charge is -2.31.